The highest BCUT2D eigenvalue weighted by molar-refractivity contribution is 7.89. The van der Waals surface area contributed by atoms with Crippen LogP contribution in [0.4, 0.5) is 5.69 Å². The summed E-state index contributed by atoms with van der Waals surface area (Å²) in [6.45, 7) is 0.280. The van der Waals surface area contributed by atoms with Crippen LogP contribution in [0.3, 0.4) is 0 Å². The normalized spacial score (nSPS) is 19.2. The number of ether oxygens (including phenoxy) is 1. The Balaban J connectivity index is 2.28. The van der Waals surface area contributed by atoms with Gasteiger partial charge in [0.05, 0.1) is 7.11 Å². The highest BCUT2D eigenvalue weighted by Gasteiger charge is 2.28. The summed E-state index contributed by atoms with van der Waals surface area (Å²) in [5.41, 5.74) is 5.92. The second-order valence-corrected chi connectivity index (χ2v) is 5.92. The lowest BCUT2D eigenvalue weighted by atomic mass is 10.3. The van der Waals surface area contributed by atoms with E-state index >= 15 is 0 Å². The Kier molecular flexibility index (Phi) is 3.63. The van der Waals surface area contributed by atoms with Gasteiger partial charge in [0.25, 0.3) is 0 Å². The van der Waals surface area contributed by atoms with Crippen molar-refractivity contribution in [3.8, 4) is 5.75 Å². The number of sulfonamides is 1. The summed E-state index contributed by atoms with van der Waals surface area (Å²) in [4.78, 5) is 11.0. The van der Waals surface area contributed by atoms with Crippen molar-refractivity contribution in [1.29, 1.82) is 0 Å². The van der Waals surface area contributed by atoms with E-state index in [0.29, 0.717) is 5.69 Å². The van der Waals surface area contributed by atoms with Gasteiger partial charge in [0.2, 0.25) is 15.9 Å². The molecule has 0 radical (unpaired) electrons. The van der Waals surface area contributed by atoms with Crippen molar-refractivity contribution in [1.82, 2.24) is 10.0 Å². The Morgan fingerprint density at radius 3 is 2.79 bits per heavy atom. The predicted molar refractivity (Wildman–Crippen MR) is 69.1 cm³/mol. The summed E-state index contributed by atoms with van der Waals surface area (Å²) >= 11 is 0. The van der Waals surface area contributed by atoms with Gasteiger partial charge in [-0.1, -0.05) is 0 Å². The number of hydrogen-bond donors (Lipinski definition) is 3. The Morgan fingerprint density at radius 1 is 1.47 bits per heavy atom. The molecule has 0 aromatic heterocycles. The van der Waals surface area contributed by atoms with Crippen LogP contribution in [0.2, 0.25) is 0 Å². The first kappa shape index (κ1) is 13.6. The van der Waals surface area contributed by atoms with Gasteiger partial charge in [-0.25, -0.2) is 13.1 Å². The minimum Gasteiger partial charge on any atom is -0.495 e. The van der Waals surface area contributed by atoms with Crippen molar-refractivity contribution in [2.45, 2.75) is 17.4 Å². The van der Waals surface area contributed by atoms with E-state index in [9.17, 15) is 13.2 Å². The average Bonchev–Trinajstić information content (AvgIpc) is 2.74. The van der Waals surface area contributed by atoms with E-state index in [0.717, 1.165) is 0 Å². The molecule has 1 aromatic rings. The number of amides is 1. The van der Waals surface area contributed by atoms with Gasteiger partial charge < -0.3 is 15.8 Å². The molecule has 1 aliphatic heterocycles. The lowest BCUT2D eigenvalue weighted by molar-refractivity contribution is -0.119. The number of benzene rings is 1. The molecule has 7 nitrogen and oxygen atoms in total. The third-order valence-corrected chi connectivity index (χ3v) is 4.32. The number of carbonyl (C=O) groups excluding carboxylic acids is 1. The molecule has 4 N–H and O–H groups in total. The third kappa shape index (κ3) is 2.96. The van der Waals surface area contributed by atoms with Crippen LogP contribution in [-0.4, -0.2) is 34.0 Å². The van der Waals surface area contributed by atoms with Crippen molar-refractivity contribution in [3.63, 3.8) is 0 Å². The number of anilines is 1. The first-order valence-corrected chi connectivity index (χ1v) is 7.13. The van der Waals surface area contributed by atoms with E-state index in [2.05, 4.69) is 10.0 Å². The minimum absolute atomic E-state index is 0.0330. The van der Waals surface area contributed by atoms with Gasteiger partial charge in [-0.2, -0.15) is 0 Å². The van der Waals surface area contributed by atoms with Gasteiger partial charge in [0.15, 0.2) is 0 Å². The Morgan fingerprint density at radius 2 is 2.21 bits per heavy atom. The monoisotopic (exact) mass is 285 g/mol. The fourth-order valence-corrected chi connectivity index (χ4v) is 3.31. The molecule has 0 aliphatic carbocycles. The molecule has 0 spiro atoms. The quantitative estimate of drug-likeness (QED) is 0.642. The molecule has 1 unspecified atom stereocenters. The largest absolute Gasteiger partial charge is 0.495 e. The molecule has 19 heavy (non-hydrogen) atoms. The highest BCUT2D eigenvalue weighted by atomic mass is 32.2. The first-order chi connectivity index (χ1) is 8.92. The summed E-state index contributed by atoms with van der Waals surface area (Å²) in [6, 6.07) is 3.91. The summed E-state index contributed by atoms with van der Waals surface area (Å²) in [5.74, 6) is 0.0335. The average molecular weight is 285 g/mol. The first-order valence-electron chi connectivity index (χ1n) is 5.65. The predicted octanol–water partition coefficient (Wildman–Crippen LogP) is -0.556. The summed E-state index contributed by atoms with van der Waals surface area (Å²) in [5, 5.41) is 2.56. The maximum absolute atomic E-state index is 12.2. The summed E-state index contributed by atoms with van der Waals surface area (Å²) < 4.78 is 32.0. The molecule has 1 amide bonds. The van der Waals surface area contributed by atoms with Crippen LogP contribution < -0.4 is 20.5 Å². The zero-order valence-electron chi connectivity index (χ0n) is 10.3. The smallest absolute Gasteiger partial charge is 0.244 e. The Bertz CT molecular complexity index is 600. The van der Waals surface area contributed by atoms with E-state index in [1.807, 2.05) is 0 Å². The topological polar surface area (TPSA) is 111 Å². The maximum atomic E-state index is 12.2. The van der Waals surface area contributed by atoms with Crippen LogP contribution in [-0.2, 0) is 14.8 Å². The lowest BCUT2D eigenvalue weighted by Gasteiger charge is -2.14. The van der Waals surface area contributed by atoms with Crippen molar-refractivity contribution in [2.75, 3.05) is 19.4 Å². The molecule has 1 saturated heterocycles. The van der Waals surface area contributed by atoms with Gasteiger partial charge in [-0.15, -0.1) is 0 Å². The zero-order chi connectivity index (χ0) is 14.0. The van der Waals surface area contributed by atoms with Crippen molar-refractivity contribution >= 4 is 21.6 Å². The third-order valence-electron chi connectivity index (χ3n) is 2.78. The van der Waals surface area contributed by atoms with Crippen LogP contribution in [0, 0.1) is 0 Å². The fraction of sp³-hybridized carbons (Fsp3) is 0.364. The standard InChI is InChI=1S/C11H15N3O4S/c1-18-9-3-2-7(12)4-10(9)19(16,17)14-8-5-11(15)13-6-8/h2-4,8,14H,5-6,12H2,1H3,(H,13,15). The van der Waals surface area contributed by atoms with Crippen LogP contribution in [0.15, 0.2) is 23.1 Å². The SMILES string of the molecule is COc1ccc(N)cc1S(=O)(=O)NC1CNC(=O)C1. The second kappa shape index (κ2) is 5.06. The Labute approximate surface area is 111 Å². The maximum Gasteiger partial charge on any atom is 0.244 e. The van der Waals surface area contributed by atoms with Crippen molar-refractivity contribution in [3.05, 3.63) is 18.2 Å². The van der Waals surface area contributed by atoms with Gasteiger partial charge in [-0.3, -0.25) is 4.79 Å². The van der Waals surface area contributed by atoms with Crippen LogP contribution in [0.25, 0.3) is 0 Å². The summed E-state index contributed by atoms with van der Waals surface area (Å²) in [7, 11) is -2.40. The molecule has 8 heteroatoms. The number of hydrogen-bond acceptors (Lipinski definition) is 5. The van der Waals surface area contributed by atoms with Crippen LogP contribution in [0.1, 0.15) is 6.42 Å². The summed E-state index contributed by atoms with van der Waals surface area (Å²) in [6.07, 6.45) is 0.129. The molecule has 1 aliphatic rings. The molecule has 1 fully saturated rings. The Hall–Kier alpha value is -1.80. The van der Waals surface area contributed by atoms with E-state index in [-0.39, 0.29) is 29.5 Å². The molecular weight excluding hydrogens is 270 g/mol. The van der Waals surface area contributed by atoms with Crippen molar-refractivity contribution < 1.29 is 17.9 Å². The number of nitrogens with two attached hydrogens (primary N) is 1. The number of nitrogen functional groups attached to an aromatic ring is 1. The molecule has 0 bridgehead atoms. The highest BCUT2D eigenvalue weighted by Crippen LogP contribution is 2.26. The molecule has 1 heterocycles. The molecule has 104 valence electrons. The second-order valence-electron chi connectivity index (χ2n) is 4.24. The fourth-order valence-electron chi connectivity index (χ4n) is 1.87. The molecule has 1 atom stereocenters. The van der Waals surface area contributed by atoms with E-state index in [4.69, 9.17) is 10.5 Å². The molecular formula is C11H15N3O4S. The lowest BCUT2D eigenvalue weighted by Crippen LogP contribution is -2.36. The number of carbonyl (C=O) groups is 1. The number of methoxy groups -OCH3 is 1. The van der Waals surface area contributed by atoms with E-state index < -0.39 is 16.1 Å². The number of rotatable bonds is 4. The van der Waals surface area contributed by atoms with Gasteiger partial charge in [0.1, 0.15) is 10.6 Å². The van der Waals surface area contributed by atoms with Gasteiger partial charge >= 0.3 is 0 Å². The van der Waals surface area contributed by atoms with E-state index in [1.165, 1.54) is 19.2 Å². The van der Waals surface area contributed by atoms with Gasteiger partial charge in [0, 0.05) is 24.7 Å². The van der Waals surface area contributed by atoms with Crippen molar-refractivity contribution in [2.24, 2.45) is 0 Å². The molecule has 0 saturated carbocycles. The molecule has 2 rings (SSSR count). The van der Waals surface area contributed by atoms with Crippen LogP contribution in [0.5, 0.6) is 5.75 Å². The van der Waals surface area contributed by atoms with Gasteiger partial charge in [-0.05, 0) is 18.2 Å². The number of nitrogens with one attached hydrogen (secondary N) is 2. The zero-order valence-corrected chi connectivity index (χ0v) is 11.2. The minimum atomic E-state index is -3.78. The van der Waals surface area contributed by atoms with E-state index in [1.54, 1.807) is 6.07 Å². The molecule has 1 aromatic carbocycles. The van der Waals surface area contributed by atoms with Crippen LogP contribution >= 0.6 is 0 Å².